The predicted octanol–water partition coefficient (Wildman–Crippen LogP) is 3.89. The number of aromatic amines is 1. The molecule has 3 aliphatic heterocycles. The Morgan fingerprint density at radius 2 is 1.58 bits per heavy atom. The Morgan fingerprint density at radius 3 is 2.32 bits per heavy atom. The number of imidazole rings is 1. The second-order valence-electron chi connectivity index (χ2n) is 12.8. The number of phosphoric ester groups is 1. The minimum atomic E-state index is -5.26. The highest BCUT2D eigenvalue weighted by molar-refractivity contribution is 8.54. The average molecular weight is 854 g/mol. The van der Waals surface area contributed by atoms with Crippen molar-refractivity contribution in [3.8, 4) is 17.2 Å². The van der Waals surface area contributed by atoms with Gasteiger partial charge in [0.1, 0.15) is 53.5 Å². The number of anilines is 1. The zero-order valence-corrected chi connectivity index (χ0v) is 31.5. The number of hydrogen-bond acceptors (Lipinski definition) is 17. The van der Waals surface area contributed by atoms with Crippen molar-refractivity contribution in [2.24, 2.45) is 0 Å². The molecule has 3 aliphatic rings. The SMILES string of the molecule is Nc1ncnc2c1ncn2[C@@H]1O[C@@H]2COP(=O)(SCc3ccc(Oc4ccc(O)cc4)cc3)O[C@H]3[C@@H](F)[C@H](n4ccc(=O)[nH]c4=O)O[C@@H]3COP(=O)(O)O[C@@H]1[C@@H]2F. The van der Waals surface area contributed by atoms with Crippen molar-refractivity contribution < 1.29 is 60.2 Å². The highest BCUT2D eigenvalue weighted by atomic mass is 32.7. The van der Waals surface area contributed by atoms with Gasteiger partial charge in [0, 0.05) is 18.0 Å². The van der Waals surface area contributed by atoms with Crippen molar-refractivity contribution >= 4 is 43.0 Å². The number of hydrogen-bond donors (Lipinski definition) is 4. The van der Waals surface area contributed by atoms with Crippen LogP contribution in [0.4, 0.5) is 14.6 Å². The van der Waals surface area contributed by atoms with Gasteiger partial charge >= 0.3 is 20.3 Å². The molecule has 0 radical (unpaired) electrons. The van der Waals surface area contributed by atoms with Crippen molar-refractivity contribution in [1.29, 1.82) is 0 Å². The summed E-state index contributed by atoms with van der Waals surface area (Å²) < 4.78 is 102. The van der Waals surface area contributed by atoms with E-state index in [4.69, 9.17) is 38.0 Å². The Kier molecular flexibility index (Phi) is 10.8. The molecule has 302 valence electrons. The van der Waals surface area contributed by atoms with Gasteiger partial charge in [-0.05, 0) is 53.3 Å². The smallest absolute Gasteiger partial charge is 0.472 e. The summed E-state index contributed by atoms with van der Waals surface area (Å²) in [6, 6.07) is 13.5. The lowest BCUT2D eigenvalue weighted by Gasteiger charge is -2.27. The van der Waals surface area contributed by atoms with E-state index in [1.165, 1.54) is 23.0 Å². The Morgan fingerprint density at radius 1 is 0.877 bits per heavy atom. The van der Waals surface area contributed by atoms with Crippen LogP contribution >= 0.6 is 26.0 Å². The van der Waals surface area contributed by atoms with Gasteiger partial charge in [-0.15, -0.1) is 0 Å². The van der Waals surface area contributed by atoms with E-state index in [-0.39, 0.29) is 28.5 Å². The number of nitrogen functional groups attached to an aromatic ring is 1. The number of nitrogens with two attached hydrogens (primary N) is 1. The van der Waals surface area contributed by atoms with E-state index in [9.17, 15) is 28.7 Å². The van der Waals surface area contributed by atoms with Crippen molar-refractivity contribution in [1.82, 2.24) is 29.1 Å². The van der Waals surface area contributed by atoms with Gasteiger partial charge in [-0.25, -0.2) is 37.7 Å². The van der Waals surface area contributed by atoms with Crippen LogP contribution in [0, 0.1) is 0 Å². The van der Waals surface area contributed by atoms with Crippen LogP contribution in [0.5, 0.6) is 17.2 Å². The predicted molar refractivity (Wildman–Crippen MR) is 194 cm³/mol. The molecule has 2 bridgehead atoms. The number of rotatable bonds is 7. The fourth-order valence-electron chi connectivity index (χ4n) is 6.25. The number of alkyl halides is 2. The Bertz CT molecular complexity index is 2480. The standard InChI is InChI=1S/C32H31F2N7O13P2S/c33-23-20-11-49-56(47,57-13-16-1-5-18(6-2-16)50-19-7-3-17(42)4-8-19)54-26-21(52-30(24(26)34)40-10-9-22(43)39-32(40)44)12-48-55(45,46)53-27(23)31(51-20)41-15-38-25-28(35)36-14-37-29(25)41/h1-10,14-15,20-21,23-24,26-27,30-31,42H,11-13H2,(H,45,46)(H2,35,36,37)(H,39,43,44)/t20-,21-,23-,24-,26-,27-,30-,31-,56?/m1/s1. The van der Waals surface area contributed by atoms with Crippen LogP contribution in [0.3, 0.4) is 0 Å². The van der Waals surface area contributed by atoms with Gasteiger partial charge in [0.15, 0.2) is 36.3 Å². The van der Waals surface area contributed by atoms with Gasteiger partial charge in [-0.1, -0.05) is 12.1 Å². The van der Waals surface area contributed by atoms with E-state index in [1.807, 2.05) is 4.98 Å². The summed E-state index contributed by atoms with van der Waals surface area (Å²) >= 11 is 0.606. The monoisotopic (exact) mass is 853 g/mol. The number of ether oxygens (including phenoxy) is 3. The van der Waals surface area contributed by atoms with Crippen LogP contribution in [-0.2, 0) is 42.5 Å². The van der Waals surface area contributed by atoms with Crippen molar-refractivity contribution in [3.63, 3.8) is 0 Å². The van der Waals surface area contributed by atoms with Gasteiger partial charge in [0.25, 0.3) is 5.56 Å². The van der Waals surface area contributed by atoms with Crippen molar-refractivity contribution in [2.75, 3.05) is 18.9 Å². The summed E-state index contributed by atoms with van der Waals surface area (Å²) in [5.74, 6) is 0.869. The topological polar surface area (TPSA) is 264 Å². The first-order valence-electron chi connectivity index (χ1n) is 16.9. The highest BCUT2D eigenvalue weighted by Gasteiger charge is 2.55. The van der Waals surface area contributed by atoms with E-state index < -0.39 is 88.3 Å². The van der Waals surface area contributed by atoms with Crippen LogP contribution in [0.25, 0.3) is 11.2 Å². The van der Waals surface area contributed by atoms with Crippen LogP contribution in [-0.4, -0.2) is 89.0 Å². The van der Waals surface area contributed by atoms with Crippen molar-refractivity contribution in [2.45, 2.75) is 55.0 Å². The summed E-state index contributed by atoms with van der Waals surface area (Å²) in [4.78, 5) is 49.3. The molecule has 3 fully saturated rings. The summed E-state index contributed by atoms with van der Waals surface area (Å²) in [5.41, 5.74) is 4.83. The van der Waals surface area contributed by atoms with Gasteiger partial charge in [-0.2, -0.15) is 0 Å². The lowest BCUT2D eigenvalue weighted by atomic mass is 10.1. The second-order valence-corrected chi connectivity index (χ2v) is 18.2. The molecule has 3 saturated heterocycles. The largest absolute Gasteiger partial charge is 0.508 e. The molecule has 0 aliphatic carbocycles. The maximum absolute atomic E-state index is 16.4. The number of phenols is 1. The van der Waals surface area contributed by atoms with Crippen molar-refractivity contribution in [3.05, 3.63) is 99.9 Å². The van der Waals surface area contributed by atoms with Gasteiger partial charge in [-0.3, -0.25) is 37.0 Å². The molecule has 10 atom stereocenters. The van der Waals surface area contributed by atoms with E-state index in [0.29, 0.717) is 33.0 Å². The van der Waals surface area contributed by atoms with Crippen LogP contribution < -0.4 is 21.7 Å². The highest BCUT2D eigenvalue weighted by Crippen LogP contribution is 2.64. The van der Waals surface area contributed by atoms with E-state index in [1.54, 1.807) is 36.4 Å². The van der Waals surface area contributed by atoms with Crippen LogP contribution in [0.1, 0.15) is 18.0 Å². The molecule has 5 aromatic rings. The lowest BCUT2D eigenvalue weighted by Crippen LogP contribution is -2.36. The number of fused-ring (bicyclic) bond motifs is 4. The maximum atomic E-state index is 16.4. The number of aromatic nitrogens is 6. The third-order valence-electron chi connectivity index (χ3n) is 9.01. The minimum Gasteiger partial charge on any atom is -0.508 e. The zero-order valence-electron chi connectivity index (χ0n) is 28.9. The molecule has 0 amide bonds. The quantitative estimate of drug-likeness (QED) is 0.169. The van der Waals surface area contributed by atoms with Gasteiger partial charge < -0.3 is 29.9 Å². The van der Waals surface area contributed by atoms with E-state index >= 15 is 8.78 Å². The number of benzene rings is 2. The fourth-order valence-corrected chi connectivity index (χ4v) is 10.6. The first-order chi connectivity index (χ1) is 27.3. The molecular formula is C32H31F2N7O13P2S. The van der Waals surface area contributed by atoms with Gasteiger partial charge in [0.05, 0.1) is 19.5 Å². The molecule has 8 rings (SSSR count). The zero-order chi connectivity index (χ0) is 40.1. The molecule has 3 aromatic heterocycles. The molecule has 2 aromatic carbocycles. The third-order valence-corrected chi connectivity index (χ3v) is 13.6. The number of aromatic hydroxyl groups is 1. The average Bonchev–Trinajstić information content (AvgIpc) is 3.84. The molecule has 5 N–H and O–H groups in total. The van der Waals surface area contributed by atoms with Crippen LogP contribution in [0.15, 0.2) is 83.0 Å². The number of phosphoric acid groups is 1. The molecule has 25 heteroatoms. The minimum absolute atomic E-state index is 0.0152. The Hall–Kier alpha value is -4.54. The van der Waals surface area contributed by atoms with E-state index in [0.717, 1.165) is 18.6 Å². The molecule has 6 heterocycles. The number of halogens is 2. The molecule has 2 unspecified atom stereocenters. The number of phenolic OH excluding ortho intramolecular Hbond substituents is 1. The van der Waals surface area contributed by atoms with E-state index in [2.05, 4.69) is 15.0 Å². The molecule has 0 saturated carbocycles. The number of H-pyrrole nitrogens is 1. The Labute approximate surface area is 322 Å². The maximum Gasteiger partial charge on any atom is 0.472 e. The first kappa shape index (κ1) is 39.3. The normalized spacial score (nSPS) is 31.9. The Balaban J connectivity index is 1.10. The number of nitrogens with one attached hydrogen (secondary N) is 1. The van der Waals surface area contributed by atoms with Gasteiger partial charge in [0.2, 0.25) is 0 Å². The molecule has 57 heavy (non-hydrogen) atoms. The lowest BCUT2D eigenvalue weighted by molar-refractivity contribution is -0.0640. The summed E-state index contributed by atoms with van der Waals surface area (Å²) in [6.07, 6.45) is -11.7. The first-order valence-corrected chi connectivity index (χ1v) is 21.5. The number of nitrogens with zero attached hydrogens (tertiary/aromatic N) is 5. The third kappa shape index (κ3) is 8.26. The fraction of sp³-hybridized carbons (Fsp3) is 0.344. The molecule has 0 spiro atoms. The summed E-state index contributed by atoms with van der Waals surface area (Å²) in [7, 11) is -5.26. The molecular weight excluding hydrogens is 822 g/mol. The molecule has 20 nitrogen and oxygen atoms in total. The summed E-state index contributed by atoms with van der Waals surface area (Å²) in [6.45, 7) is -6.38. The van der Waals surface area contributed by atoms with Crippen LogP contribution in [0.2, 0.25) is 0 Å². The second kappa shape index (κ2) is 15.7. The summed E-state index contributed by atoms with van der Waals surface area (Å²) in [5, 5.41) is 9.53.